The van der Waals surface area contributed by atoms with Crippen molar-refractivity contribution in [2.24, 2.45) is 10.7 Å². The molecule has 8 nitrogen and oxygen atoms in total. The van der Waals surface area contributed by atoms with Crippen LogP contribution in [0.3, 0.4) is 0 Å². The number of primary amides is 1. The van der Waals surface area contributed by atoms with Gasteiger partial charge in [-0.1, -0.05) is 12.1 Å². The molecule has 1 aromatic heterocycles. The number of carbonyl (C=O) groups is 1. The molecule has 2 aliphatic heterocycles. The Morgan fingerprint density at radius 2 is 1.90 bits per heavy atom. The first kappa shape index (κ1) is 25.0. The smallest absolute Gasteiger partial charge is 0.341 e. The van der Waals surface area contributed by atoms with Crippen molar-refractivity contribution in [3.05, 3.63) is 94.1 Å². The Labute approximate surface area is 222 Å². The van der Waals surface area contributed by atoms with Gasteiger partial charge in [0.25, 0.3) is 0 Å². The molecule has 0 spiro atoms. The zero-order valence-corrected chi connectivity index (χ0v) is 21.2. The predicted octanol–water partition coefficient (Wildman–Crippen LogP) is 3.95. The van der Waals surface area contributed by atoms with E-state index in [1.807, 2.05) is 35.9 Å². The number of nitrogens with zero attached hydrogens (tertiary/aromatic N) is 3. The molecule has 0 bridgehead atoms. The van der Waals surface area contributed by atoms with Crippen LogP contribution < -0.4 is 16.1 Å². The topological polar surface area (TPSA) is 109 Å². The first-order valence-corrected chi connectivity index (χ1v) is 12.6. The number of urea groups is 1. The fourth-order valence-electron chi connectivity index (χ4n) is 5.55. The molecule has 0 radical (unpaired) electrons. The summed E-state index contributed by atoms with van der Waals surface area (Å²) >= 11 is 0. The number of aliphatic hydroxyl groups excluding tert-OH is 1. The second kappa shape index (κ2) is 9.79. The van der Waals surface area contributed by atoms with Gasteiger partial charge >= 0.3 is 6.03 Å². The van der Waals surface area contributed by atoms with Gasteiger partial charge in [0.15, 0.2) is 0 Å². The number of likely N-dealkylation sites (N-methyl/N-ethyl adjacent to an activating group) is 1. The van der Waals surface area contributed by atoms with E-state index >= 15 is 0 Å². The Morgan fingerprint density at radius 1 is 1.13 bits per heavy atom. The van der Waals surface area contributed by atoms with Crippen LogP contribution in [0, 0.1) is 11.6 Å². The van der Waals surface area contributed by atoms with Crippen LogP contribution >= 0.6 is 0 Å². The van der Waals surface area contributed by atoms with Crippen LogP contribution in [-0.4, -0.2) is 51.8 Å². The number of nitrogens with one attached hydrogen (secondary N) is 1. The quantitative estimate of drug-likeness (QED) is 0.364. The Morgan fingerprint density at radius 3 is 2.67 bits per heavy atom. The minimum Gasteiger partial charge on any atom is -0.488 e. The monoisotopic (exact) mass is 531 g/mol. The van der Waals surface area contributed by atoms with Gasteiger partial charge in [0.1, 0.15) is 24.0 Å². The molecular formula is C29H27F2N5O3. The van der Waals surface area contributed by atoms with E-state index in [1.165, 1.54) is 24.3 Å². The average Bonchev–Trinajstić information content (AvgIpc) is 3.15. The van der Waals surface area contributed by atoms with Gasteiger partial charge in [-0.25, -0.2) is 13.6 Å². The molecule has 10 heteroatoms. The Hall–Kier alpha value is -4.28. The number of aliphatic hydroxyl groups is 1. The van der Waals surface area contributed by atoms with Crippen LogP contribution in [0.1, 0.15) is 34.7 Å². The highest BCUT2D eigenvalue weighted by atomic mass is 19.1. The van der Waals surface area contributed by atoms with Gasteiger partial charge in [-0.3, -0.25) is 0 Å². The summed E-state index contributed by atoms with van der Waals surface area (Å²) in [5.41, 5.74) is 10.8. The number of aromatic nitrogens is 2. The maximum atomic E-state index is 14.1. The first-order chi connectivity index (χ1) is 18.8. The van der Waals surface area contributed by atoms with Gasteiger partial charge in [-0.05, 0) is 72.6 Å². The van der Waals surface area contributed by atoms with E-state index in [2.05, 4.69) is 14.9 Å². The van der Waals surface area contributed by atoms with Crippen LogP contribution in [-0.2, 0) is 6.61 Å². The van der Waals surface area contributed by atoms with Gasteiger partial charge < -0.3 is 30.0 Å². The molecule has 3 heterocycles. The maximum Gasteiger partial charge on any atom is 0.341 e. The Balaban J connectivity index is 1.52. The van der Waals surface area contributed by atoms with Crippen LogP contribution in [0.4, 0.5) is 13.6 Å². The number of benzene rings is 3. The Kier molecular flexibility index (Phi) is 6.28. The van der Waals surface area contributed by atoms with Crippen molar-refractivity contribution in [2.45, 2.75) is 25.2 Å². The molecule has 1 fully saturated rings. The lowest BCUT2D eigenvalue weighted by molar-refractivity contribution is 0.0380. The van der Waals surface area contributed by atoms with E-state index in [0.717, 1.165) is 28.8 Å². The fraction of sp³-hybridized carbons (Fsp3) is 0.241. The highest BCUT2D eigenvalue weighted by Crippen LogP contribution is 2.39. The lowest BCUT2D eigenvalue weighted by Crippen LogP contribution is -2.45. The molecule has 2 amide bonds. The van der Waals surface area contributed by atoms with Crippen molar-refractivity contribution >= 4 is 28.7 Å². The third-order valence-electron chi connectivity index (χ3n) is 7.34. The number of fused-ring (bicyclic) bond motifs is 3. The van der Waals surface area contributed by atoms with Crippen molar-refractivity contribution in [1.29, 1.82) is 0 Å². The van der Waals surface area contributed by atoms with Gasteiger partial charge in [-0.2, -0.15) is 4.99 Å². The number of ether oxygens (including phenoxy) is 1. The molecule has 0 unspecified atom stereocenters. The largest absolute Gasteiger partial charge is 0.488 e. The number of nitrogens with two attached hydrogens (primary N) is 1. The molecule has 1 saturated heterocycles. The Bertz CT molecular complexity index is 1650. The fourth-order valence-corrected chi connectivity index (χ4v) is 5.55. The maximum absolute atomic E-state index is 14.1. The van der Waals surface area contributed by atoms with E-state index in [4.69, 9.17) is 10.5 Å². The summed E-state index contributed by atoms with van der Waals surface area (Å²) in [5, 5.41) is 10.8. The molecule has 4 N–H and O–H groups in total. The van der Waals surface area contributed by atoms with Crippen molar-refractivity contribution in [3.63, 3.8) is 0 Å². The van der Waals surface area contributed by atoms with E-state index < -0.39 is 18.0 Å². The van der Waals surface area contributed by atoms with E-state index in [9.17, 15) is 18.7 Å². The van der Waals surface area contributed by atoms with Crippen LogP contribution in [0.25, 0.3) is 22.7 Å². The molecule has 4 aromatic rings. The van der Waals surface area contributed by atoms with Crippen LogP contribution in [0.5, 0.6) is 5.75 Å². The first-order valence-electron chi connectivity index (χ1n) is 12.6. The summed E-state index contributed by atoms with van der Waals surface area (Å²) in [6.07, 6.45) is 1.95. The third-order valence-corrected chi connectivity index (χ3v) is 7.34. The third kappa shape index (κ3) is 4.73. The molecule has 2 atom stereocenters. The van der Waals surface area contributed by atoms with Crippen molar-refractivity contribution in [3.8, 4) is 5.75 Å². The zero-order chi connectivity index (χ0) is 27.3. The number of halogens is 2. The number of piperidine rings is 1. The van der Waals surface area contributed by atoms with Crippen LogP contribution in [0.15, 0.2) is 59.6 Å². The molecule has 3 aromatic carbocycles. The van der Waals surface area contributed by atoms with Gasteiger partial charge in [0, 0.05) is 30.3 Å². The highest BCUT2D eigenvalue weighted by Gasteiger charge is 2.29. The second-order valence-electron chi connectivity index (χ2n) is 10.0. The van der Waals surface area contributed by atoms with Crippen molar-refractivity contribution in [1.82, 2.24) is 14.5 Å². The summed E-state index contributed by atoms with van der Waals surface area (Å²) in [7, 11) is 1.95. The number of hydrogen-bond acceptors (Lipinski definition) is 4. The van der Waals surface area contributed by atoms with Gasteiger partial charge in [0.2, 0.25) is 5.62 Å². The number of carbonyl (C=O) groups excluding carboxylic acids is 1. The molecule has 39 heavy (non-hydrogen) atoms. The van der Waals surface area contributed by atoms with Gasteiger partial charge in [-0.15, -0.1) is 0 Å². The number of aromatic amines is 1. The van der Waals surface area contributed by atoms with E-state index in [-0.39, 0.29) is 24.1 Å². The van der Waals surface area contributed by atoms with E-state index in [0.29, 0.717) is 35.4 Å². The standard InChI is InChI=1S/C29H27F2N5O3/c1-35-9-8-25(26(37)14-35)36-24-7-2-16(11-23(24)33-29(36)34-28(32)38)10-22-20-5-3-18(30)12-17(20)15-39-27-13-19(31)4-6-21(22)27/h2-7,10-13,25-26,37H,8-9,14-15H2,1H3,(H3,32,33,34,38)/t25-,26-/m0/s1. The van der Waals surface area contributed by atoms with Crippen molar-refractivity contribution in [2.75, 3.05) is 20.1 Å². The summed E-state index contributed by atoms with van der Waals surface area (Å²) in [5.74, 6) is -0.437. The van der Waals surface area contributed by atoms with E-state index in [1.54, 1.807) is 12.1 Å². The second-order valence-corrected chi connectivity index (χ2v) is 10.0. The number of rotatable bonds is 2. The lowest BCUT2D eigenvalue weighted by Gasteiger charge is -2.34. The zero-order valence-electron chi connectivity index (χ0n) is 21.2. The minimum atomic E-state index is -0.841. The normalized spacial score (nSPS) is 20.9. The summed E-state index contributed by atoms with van der Waals surface area (Å²) in [4.78, 5) is 20.9. The lowest BCUT2D eigenvalue weighted by atomic mass is 9.92. The SMILES string of the molecule is CN1CC[C@H](n2c(=NC(N)=O)[nH]c3cc(C=C4c5ccc(F)cc5COc5cc(F)ccc54)ccc32)[C@@H](O)C1. The number of imidazole rings is 1. The predicted molar refractivity (Wildman–Crippen MR) is 143 cm³/mol. The molecule has 0 saturated carbocycles. The number of likely N-dealkylation sites (tertiary alicyclic amines) is 1. The average molecular weight is 532 g/mol. The molecular weight excluding hydrogens is 504 g/mol. The minimum absolute atomic E-state index is 0.105. The van der Waals surface area contributed by atoms with Gasteiger partial charge in [0.05, 0.1) is 23.2 Å². The summed E-state index contributed by atoms with van der Waals surface area (Å²) in [6.45, 7) is 1.38. The molecule has 2 aliphatic rings. The number of β-amino-alcohol motifs (C(OH)–C–C–N with tert-alkyl or cyclic N) is 1. The molecule has 200 valence electrons. The number of hydrogen-bond donors (Lipinski definition) is 3. The number of amides is 2. The highest BCUT2D eigenvalue weighted by molar-refractivity contribution is 5.95. The van der Waals surface area contributed by atoms with Crippen LogP contribution in [0.2, 0.25) is 0 Å². The summed E-state index contributed by atoms with van der Waals surface area (Å²) in [6, 6.07) is 13.4. The number of H-pyrrole nitrogens is 1. The summed E-state index contributed by atoms with van der Waals surface area (Å²) < 4.78 is 35.8. The molecule has 0 aliphatic carbocycles. The van der Waals surface area contributed by atoms with Crippen molar-refractivity contribution < 1.29 is 23.4 Å². The molecule has 6 rings (SSSR count).